The number of nitrogens with zero attached hydrogens (tertiary/aromatic N) is 3. The van der Waals surface area contributed by atoms with Gasteiger partial charge in [-0.25, -0.2) is 0 Å². The zero-order valence-corrected chi connectivity index (χ0v) is 17.4. The fourth-order valence-electron chi connectivity index (χ4n) is 3.24. The summed E-state index contributed by atoms with van der Waals surface area (Å²) in [7, 11) is 0. The van der Waals surface area contributed by atoms with Crippen LogP contribution in [0.1, 0.15) is 22.3 Å². The lowest BCUT2D eigenvalue weighted by atomic mass is 10.1. The third-order valence-corrected chi connectivity index (χ3v) is 5.49. The van der Waals surface area contributed by atoms with E-state index in [0.29, 0.717) is 31.7 Å². The highest BCUT2D eigenvalue weighted by atomic mass is 79.9. The van der Waals surface area contributed by atoms with E-state index in [2.05, 4.69) is 39.0 Å². The number of rotatable bonds is 7. The largest absolute Gasteiger partial charge is 0.492 e. The van der Waals surface area contributed by atoms with E-state index < -0.39 is 0 Å². The molecule has 0 N–H and O–H groups in total. The van der Waals surface area contributed by atoms with Gasteiger partial charge in [-0.1, -0.05) is 30.3 Å². The molecule has 0 saturated carbocycles. The number of carbonyl (C=O) groups is 1. The zero-order chi connectivity index (χ0) is 19.8. The second-order valence-electron chi connectivity index (χ2n) is 6.77. The van der Waals surface area contributed by atoms with Crippen LogP contribution < -0.4 is 4.74 Å². The number of nitriles is 1. The van der Waals surface area contributed by atoms with E-state index in [4.69, 9.17) is 10.00 Å². The van der Waals surface area contributed by atoms with Crippen LogP contribution in [0.25, 0.3) is 0 Å². The predicted molar refractivity (Wildman–Crippen MR) is 112 cm³/mol. The molecular formula is C22H24BrN3O2. The van der Waals surface area contributed by atoms with Crippen LogP contribution >= 0.6 is 15.9 Å². The number of carbonyl (C=O) groups excluding carboxylic acids is 1. The lowest BCUT2D eigenvalue weighted by Gasteiger charge is -2.34. The molecule has 0 aromatic heterocycles. The minimum atomic E-state index is 0.0384. The molecule has 0 radical (unpaired) electrons. The monoisotopic (exact) mass is 441 g/mol. The SMILES string of the molecule is N#CCCN1CCN(C(=O)c2ccc(OCCc3ccccc3)c(Br)c2)CC1. The molecule has 3 rings (SSSR count). The van der Waals surface area contributed by atoms with Crippen LogP contribution in [-0.4, -0.2) is 55.0 Å². The second kappa shape index (κ2) is 10.3. The topological polar surface area (TPSA) is 56.6 Å². The summed E-state index contributed by atoms with van der Waals surface area (Å²) in [6.45, 7) is 4.37. The minimum Gasteiger partial charge on any atom is -0.492 e. The molecular weight excluding hydrogens is 418 g/mol. The Kier molecular flexibility index (Phi) is 7.46. The lowest BCUT2D eigenvalue weighted by Crippen LogP contribution is -2.48. The van der Waals surface area contributed by atoms with E-state index in [0.717, 1.165) is 36.3 Å². The molecule has 1 aliphatic rings. The number of piperazine rings is 1. The molecule has 1 aliphatic heterocycles. The normalized spacial score (nSPS) is 14.5. The van der Waals surface area contributed by atoms with Gasteiger partial charge >= 0.3 is 0 Å². The van der Waals surface area contributed by atoms with Gasteiger partial charge in [0.05, 0.1) is 17.1 Å². The van der Waals surface area contributed by atoms with Gasteiger partial charge in [-0.3, -0.25) is 9.69 Å². The molecule has 146 valence electrons. The minimum absolute atomic E-state index is 0.0384. The first kappa shape index (κ1) is 20.4. The molecule has 28 heavy (non-hydrogen) atoms. The Morgan fingerprint density at radius 1 is 1.11 bits per heavy atom. The van der Waals surface area contributed by atoms with Gasteiger partial charge in [0.15, 0.2) is 0 Å². The molecule has 6 heteroatoms. The van der Waals surface area contributed by atoms with Crippen LogP contribution in [0.3, 0.4) is 0 Å². The van der Waals surface area contributed by atoms with E-state index in [1.54, 1.807) is 0 Å². The molecule has 2 aromatic rings. The molecule has 2 aromatic carbocycles. The third-order valence-electron chi connectivity index (χ3n) is 4.87. The Hall–Kier alpha value is -2.36. The first-order chi connectivity index (χ1) is 13.7. The van der Waals surface area contributed by atoms with Crippen LogP contribution in [0.4, 0.5) is 0 Å². The molecule has 5 nitrogen and oxygen atoms in total. The molecule has 0 aliphatic carbocycles. The van der Waals surface area contributed by atoms with Crippen molar-refractivity contribution in [1.29, 1.82) is 5.26 Å². The average Bonchev–Trinajstić information content (AvgIpc) is 2.74. The summed E-state index contributed by atoms with van der Waals surface area (Å²) < 4.78 is 6.66. The van der Waals surface area contributed by atoms with E-state index in [1.807, 2.05) is 41.3 Å². The number of ether oxygens (including phenoxy) is 1. The maximum atomic E-state index is 12.8. The number of hydrogen-bond acceptors (Lipinski definition) is 4. The summed E-state index contributed by atoms with van der Waals surface area (Å²) in [4.78, 5) is 16.9. The van der Waals surface area contributed by atoms with Crippen LogP contribution in [0.2, 0.25) is 0 Å². The van der Waals surface area contributed by atoms with Gasteiger partial charge in [-0.2, -0.15) is 5.26 Å². The van der Waals surface area contributed by atoms with E-state index in [1.165, 1.54) is 5.56 Å². The number of halogens is 1. The van der Waals surface area contributed by atoms with Crippen molar-refractivity contribution in [3.63, 3.8) is 0 Å². The first-order valence-corrected chi connectivity index (χ1v) is 10.3. The summed E-state index contributed by atoms with van der Waals surface area (Å²) in [5.41, 5.74) is 1.90. The van der Waals surface area contributed by atoms with E-state index >= 15 is 0 Å². The third kappa shape index (κ3) is 5.57. The molecule has 0 unspecified atom stereocenters. The highest BCUT2D eigenvalue weighted by molar-refractivity contribution is 9.10. The maximum absolute atomic E-state index is 12.8. The first-order valence-electron chi connectivity index (χ1n) is 9.52. The number of benzene rings is 2. The Balaban J connectivity index is 1.52. The molecule has 1 saturated heterocycles. The Labute approximate surface area is 174 Å². The summed E-state index contributed by atoms with van der Waals surface area (Å²) >= 11 is 3.53. The molecule has 0 atom stereocenters. The fraction of sp³-hybridized carbons (Fsp3) is 0.364. The van der Waals surface area contributed by atoms with Gasteiger partial charge in [-0.05, 0) is 39.7 Å². The molecule has 1 fully saturated rings. The zero-order valence-electron chi connectivity index (χ0n) is 15.8. The highest BCUT2D eigenvalue weighted by Gasteiger charge is 2.22. The van der Waals surface area contributed by atoms with Gasteiger partial charge < -0.3 is 9.64 Å². The van der Waals surface area contributed by atoms with Crippen molar-refractivity contribution in [2.75, 3.05) is 39.3 Å². The van der Waals surface area contributed by atoms with Crippen molar-refractivity contribution in [3.05, 3.63) is 64.1 Å². The van der Waals surface area contributed by atoms with Crippen molar-refractivity contribution in [3.8, 4) is 11.8 Å². The summed E-state index contributed by atoms with van der Waals surface area (Å²) in [5, 5.41) is 8.69. The fourth-order valence-corrected chi connectivity index (χ4v) is 3.73. The van der Waals surface area contributed by atoms with Gasteiger partial charge in [-0.15, -0.1) is 0 Å². The van der Waals surface area contributed by atoms with Crippen LogP contribution in [0, 0.1) is 11.3 Å². The lowest BCUT2D eigenvalue weighted by molar-refractivity contribution is 0.0639. The highest BCUT2D eigenvalue weighted by Crippen LogP contribution is 2.27. The summed E-state index contributed by atoms with van der Waals surface area (Å²) in [6, 6.07) is 17.9. The van der Waals surface area contributed by atoms with E-state index in [-0.39, 0.29) is 5.91 Å². The number of hydrogen-bond donors (Lipinski definition) is 0. The standard InChI is InChI=1S/C22H24BrN3O2/c23-20-17-19(22(27)26-14-12-25(13-15-26)11-4-10-24)7-8-21(20)28-16-9-18-5-2-1-3-6-18/h1-3,5-8,17H,4,9,11-16H2. The van der Waals surface area contributed by atoms with Gasteiger partial charge in [0.25, 0.3) is 5.91 Å². The van der Waals surface area contributed by atoms with Crippen LogP contribution in [0.5, 0.6) is 5.75 Å². The van der Waals surface area contributed by atoms with Gasteiger partial charge in [0.1, 0.15) is 5.75 Å². The van der Waals surface area contributed by atoms with Gasteiger partial charge in [0.2, 0.25) is 0 Å². The number of amides is 1. The molecule has 1 amide bonds. The average molecular weight is 442 g/mol. The molecule has 0 spiro atoms. The van der Waals surface area contributed by atoms with Crippen molar-refractivity contribution >= 4 is 21.8 Å². The van der Waals surface area contributed by atoms with Gasteiger partial charge in [0, 0.05) is 51.1 Å². The molecule has 1 heterocycles. The molecule has 0 bridgehead atoms. The second-order valence-corrected chi connectivity index (χ2v) is 7.63. The summed E-state index contributed by atoms with van der Waals surface area (Å²) in [5.74, 6) is 0.783. The maximum Gasteiger partial charge on any atom is 0.253 e. The quantitative estimate of drug-likeness (QED) is 0.656. The van der Waals surface area contributed by atoms with Crippen molar-refractivity contribution in [2.45, 2.75) is 12.8 Å². The smallest absolute Gasteiger partial charge is 0.253 e. The van der Waals surface area contributed by atoms with Crippen LogP contribution in [-0.2, 0) is 6.42 Å². The Bertz CT molecular complexity index is 827. The van der Waals surface area contributed by atoms with Crippen LogP contribution in [0.15, 0.2) is 53.0 Å². The Morgan fingerprint density at radius 3 is 2.54 bits per heavy atom. The van der Waals surface area contributed by atoms with Crippen molar-refractivity contribution < 1.29 is 9.53 Å². The predicted octanol–water partition coefficient (Wildman–Crippen LogP) is 3.74. The van der Waals surface area contributed by atoms with Crippen molar-refractivity contribution in [1.82, 2.24) is 9.80 Å². The summed E-state index contributed by atoms with van der Waals surface area (Å²) in [6.07, 6.45) is 1.37. The van der Waals surface area contributed by atoms with E-state index in [9.17, 15) is 4.79 Å². The van der Waals surface area contributed by atoms with Crippen molar-refractivity contribution in [2.24, 2.45) is 0 Å². The Morgan fingerprint density at radius 2 is 1.86 bits per heavy atom.